The zero-order chi connectivity index (χ0) is 17.1. The van der Waals surface area contributed by atoms with E-state index in [4.69, 9.17) is 0 Å². The smallest absolute Gasteiger partial charge is 0.333 e. The van der Waals surface area contributed by atoms with Gasteiger partial charge in [-0.3, -0.25) is 0 Å². The van der Waals surface area contributed by atoms with Gasteiger partial charge in [0.25, 0.3) is 0 Å². The van der Waals surface area contributed by atoms with Gasteiger partial charge in [-0.15, -0.1) is 37.2 Å². The highest BCUT2D eigenvalue weighted by atomic mass is 35.5. The number of alkyl halides is 3. The average molecular weight is 442 g/mol. The summed E-state index contributed by atoms with van der Waals surface area (Å²) in [5.41, 5.74) is 0.117. The van der Waals surface area contributed by atoms with Crippen LogP contribution in [0.5, 0.6) is 0 Å². The van der Waals surface area contributed by atoms with Crippen LogP contribution in [0.2, 0.25) is 0 Å². The second-order valence-corrected chi connectivity index (χ2v) is 7.28. The zero-order valence-electron chi connectivity index (χ0n) is 15.4. The van der Waals surface area contributed by atoms with Crippen molar-refractivity contribution in [1.29, 1.82) is 0 Å². The molecule has 2 rings (SSSR count). The van der Waals surface area contributed by atoms with Gasteiger partial charge in [0.1, 0.15) is 5.82 Å². The fourth-order valence-electron chi connectivity index (χ4n) is 2.91. The van der Waals surface area contributed by atoms with Crippen LogP contribution >= 0.6 is 37.2 Å². The lowest BCUT2D eigenvalue weighted by molar-refractivity contribution is -0.127. The molecule has 0 unspecified atom stereocenters. The van der Waals surface area contributed by atoms with Crippen LogP contribution in [-0.2, 0) is 13.0 Å². The lowest BCUT2D eigenvalue weighted by atomic mass is 9.97. The van der Waals surface area contributed by atoms with E-state index in [9.17, 15) is 13.2 Å². The van der Waals surface area contributed by atoms with E-state index >= 15 is 0 Å². The van der Waals surface area contributed by atoms with Gasteiger partial charge in [0.05, 0.1) is 12.1 Å². The minimum Gasteiger partial charge on any atom is -0.333 e. The lowest BCUT2D eigenvalue weighted by Gasteiger charge is -2.24. The van der Waals surface area contributed by atoms with E-state index in [2.05, 4.69) is 36.4 Å². The maximum Gasteiger partial charge on any atom is 0.394 e. The van der Waals surface area contributed by atoms with E-state index in [0.717, 1.165) is 31.8 Å². The average Bonchev–Trinajstić information content (AvgIpc) is 2.79. The molecule has 1 aliphatic rings. The van der Waals surface area contributed by atoms with E-state index in [1.165, 1.54) is 0 Å². The summed E-state index contributed by atoms with van der Waals surface area (Å²) in [5, 5.41) is 6.66. The topological polar surface area (TPSA) is 41.9 Å². The summed E-state index contributed by atoms with van der Waals surface area (Å²) in [6.45, 7) is 9.36. The Hall–Kier alpha value is -0.210. The zero-order valence-corrected chi connectivity index (χ0v) is 17.8. The van der Waals surface area contributed by atoms with Gasteiger partial charge in [-0.2, -0.15) is 13.2 Å². The molecule has 0 bridgehead atoms. The van der Waals surface area contributed by atoms with Crippen LogP contribution in [0.1, 0.15) is 51.0 Å². The van der Waals surface area contributed by atoms with E-state index in [0.29, 0.717) is 13.1 Å². The van der Waals surface area contributed by atoms with Crippen molar-refractivity contribution >= 4 is 37.2 Å². The third-order valence-corrected chi connectivity index (χ3v) is 3.95. The van der Waals surface area contributed by atoms with Crippen LogP contribution < -0.4 is 10.6 Å². The summed E-state index contributed by atoms with van der Waals surface area (Å²) in [5.74, 6) is 1.05. The number of nitrogens with zero attached hydrogens (tertiary/aromatic N) is 2. The van der Waals surface area contributed by atoms with Gasteiger partial charge in [0.2, 0.25) is 0 Å². The highest BCUT2D eigenvalue weighted by Crippen LogP contribution is 2.27. The van der Waals surface area contributed by atoms with Crippen molar-refractivity contribution in [3.05, 3.63) is 17.7 Å². The molecule has 2 N–H and O–H groups in total. The Balaban J connectivity index is 0. The number of rotatable bonds is 5. The molecule has 0 spiro atoms. The Morgan fingerprint density at radius 2 is 1.73 bits per heavy atom. The first-order chi connectivity index (χ1) is 10.6. The SMILES string of the molecule is CC(C)(C)NCCn1cc(CC(F)(F)F)nc1C1CCNCC1.Cl.Cl.Cl. The van der Waals surface area contributed by atoms with Crippen LogP contribution in [0.25, 0.3) is 0 Å². The van der Waals surface area contributed by atoms with Gasteiger partial charge in [0, 0.05) is 30.7 Å². The lowest BCUT2D eigenvalue weighted by Crippen LogP contribution is -2.38. The molecule has 1 saturated heterocycles. The molecule has 0 amide bonds. The Kier molecular flexibility index (Phi) is 12.5. The first kappa shape index (κ1) is 28.0. The minimum absolute atomic E-state index is 0. The van der Waals surface area contributed by atoms with Gasteiger partial charge in [-0.05, 0) is 46.7 Å². The molecule has 4 nitrogen and oxygen atoms in total. The highest BCUT2D eigenvalue weighted by Gasteiger charge is 2.30. The normalized spacial score (nSPS) is 15.6. The molecule has 1 aromatic rings. The number of aromatic nitrogens is 2. The largest absolute Gasteiger partial charge is 0.394 e. The van der Waals surface area contributed by atoms with Crippen molar-refractivity contribution in [2.75, 3.05) is 19.6 Å². The molecule has 2 heterocycles. The molecule has 1 fully saturated rings. The van der Waals surface area contributed by atoms with Gasteiger partial charge < -0.3 is 15.2 Å². The van der Waals surface area contributed by atoms with Crippen molar-refractivity contribution in [2.24, 2.45) is 0 Å². The molecule has 0 aliphatic carbocycles. The Morgan fingerprint density at radius 1 is 1.15 bits per heavy atom. The molecule has 10 heteroatoms. The second kappa shape index (κ2) is 11.6. The van der Waals surface area contributed by atoms with E-state index in [1.54, 1.807) is 6.20 Å². The van der Waals surface area contributed by atoms with E-state index in [1.807, 2.05) is 4.57 Å². The molecule has 1 aromatic heterocycles. The van der Waals surface area contributed by atoms with Crippen molar-refractivity contribution in [2.45, 2.75) is 64.2 Å². The van der Waals surface area contributed by atoms with Crippen molar-refractivity contribution in [3.8, 4) is 0 Å². The summed E-state index contributed by atoms with van der Waals surface area (Å²) in [6, 6.07) is 0. The van der Waals surface area contributed by atoms with Gasteiger partial charge in [0.15, 0.2) is 0 Å². The Morgan fingerprint density at radius 3 is 2.23 bits per heavy atom. The van der Waals surface area contributed by atoms with Crippen molar-refractivity contribution in [1.82, 2.24) is 20.2 Å². The van der Waals surface area contributed by atoms with E-state index in [-0.39, 0.29) is 54.4 Å². The molecule has 0 aromatic carbocycles. The standard InChI is InChI=1S/C16H27F3N4.3ClH/c1-15(2,3)21-8-9-23-11-13(10-16(17,18)19)22-14(23)12-4-6-20-7-5-12;;;/h11-12,20-21H,4-10H2,1-3H3;3*1H. The number of nitrogens with one attached hydrogen (secondary N) is 2. The van der Waals surface area contributed by atoms with E-state index < -0.39 is 12.6 Å². The fraction of sp³-hybridized carbons (Fsp3) is 0.812. The molecule has 0 atom stereocenters. The van der Waals surface area contributed by atoms with Crippen molar-refractivity contribution in [3.63, 3.8) is 0 Å². The fourth-order valence-corrected chi connectivity index (χ4v) is 2.91. The summed E-state index contributed by atoms with van der Waals surface area (Å²) >= 11 is 0. The van der Waals surface area contributed by atoms with Crippen molar-refractivity contribution < 1.29 is 13.2 Å². The molecule has 0 radical (unpaired) electrons. The monoisotopic (exact) mass is 440 g/mol. The quantitative estimate of drug-likeness (QED) is 0.722. The van der Waals surface area contributed by atoms with Crippen LogP contribution in [0, 0.1) is 0 Å². The third kappa shape index (κ3) is 9.65. The first-order valence-electron chi connectivity index (χ1n) is 8.22. The number of hydrogen-bond acceptors (Lipinski definition) is 3. The van der Waals surface area contributed by atoms with Crippen LogP contribution in [0.4, 0.5) is 13.2 Å². The maximum absolute atomic E-state index is 12.7. The number of piperidine rings is 1. The minimum atomic E-state index is -4.21. The molecule has 0 saturated carbocycles. The maximum atomic E-state index is 12.7. The number of hydrogen-bond donors (Lipinski definition) is 2. The Bertz CT molecular complexity index is 510. The van der Waals surface area contributed by atoms with Gasteiger partial charge in [-0.25, -0.2) is 4.98 Å². The number of imidazole rings is 1. The van der Waals surface area contributed by atoms with Gasteiger partial charge in [-0.1, -0.05) is 0 Å². The molecular formula is C16H30Cl3F3N4. The molecule has 156 valence electrons. The summed E-state index contributed by atoms with van der Waals surface area (Å²) in [6.07, 6.45) is -1.74. The Labute approximate surface area is 172 Å². The highest BCUT2D eigenvalue weighted by molar-refractivity contribution is 5.86. The van der Waals surface area contributed by atoms with Gasteiger partial charge >= 0.3 is 6.18 Å². The molecule has 1 aliphatic heterocycles. The summed E-state index contributed by atoms with van der Waals surface area (Å²) in [7, 11) is 0. The first-order valence-corrected chi connectivity index (χ1v) is 8.22. The summed E-state index contributed by atoms with van der Waals surface area (Å²) < 4.78 is 39.9. The predicted molar refractivity (Wildman–Crippen MR) is 106 cm³/mol. The second-order valence-electron chi connectivity index (χ2n) is 7.28. The number of halogens is 6. The molecular weight excluding hydrogens is 412 g/mol. The molecule has 26 heavy (non-hydrogen) atoms. The summed E-state index contributed by atoms with van der Waals surface area (Å²) in [4.78, 5) is 4.32. The van der Waals surface area contributed by atoms with Crippen LogP contribution in [-0.4, -0.2) is 40.9 Å². The third-order valence-electron chi connectivity index (χ3n) is 3.95. The van der Waals surface area contributed by atoms with Crippen LogP contribution in [0.3, 0.4) is 0 Å². The van der Waals surface area contributed by atoms with Crippen LogP contribution in [0.15, 0.2) is 6.20 Å². The predicted octanol–water partition coefficient (Wildman–Crippen LogP) is 4.11.